The number of benzene rings is 3. The maximum absolute atomic E-state index is 14.8. The first-order chi connectivity index (χ1) is 18.5. The Morgan fingerprint density at radius 3 is 2.26 bits per heavy atom. The quantitative estimate of drug-likeness (QED) is 0.238. The van der Waals surface area contributed by atoms with Gasteiger partial charge in [-0.15, -0.1) is 0 Å². The van der Waals surface area contributed by atoms with Gasteiger partial charge in [0.25, 0.3) is 0 Å². The Balaban J connectivity index is 1.60. The van der Waals surface area contributed by atoms with Crippen LogP contribution >= 0.6 is 0 Å². The molecule has 6 rings (SSSR count). The molecule has 0 saturated heterocycles. The molecule has 0 saturated carbocycles. The zero-order chi connectivity index (χ0) is 27.7. The maximum Gasteiger partial charge on any atom is 0.416 e. The van der Waals surface area contributed by atoms with Gasteiger partial charge in [0.15, 0.2) is 0 Å². The lowest BCUT2D eigenvalue weighted by Gasteiger charge is -2.26. The van der Waals surface area contributed by atoms with Crippen LogP contribution in [0.1, 0.15) is 34.6 Å². The first-order valence-electron chi connectivity index (χ1n) is 12.1. The molecule has 39 heavy (non-hydrogen) atoms. The van der Waals surface area contributed by atoms with Crippen molar-refractivity contribution in [2.45, 2.75) is 24.7 Å². The molecule has 3 atom stereocenters. The van der Waals surface area contributed by atoms with Crippen LogP contribution < -0.4 is 0 Å². The number of hydrogen-bond donors (Lipinski definition) is 0. The normalized spacial score (nSPS) is 23.4. The Kier molecular flexibility index (Phi) is 5.58. The van der Waals surface area contributed by atoms with Crippen molar-refractivity contribution < 1.29 is 30.7 Å². The summed E-state index contributed by atoms with van der Waals surface area (Å²) in [5.41, 5.74) is 2.76. The summed E-state index contributed by atoms with van der Waals surface area (Å²) < 4.78 is 94.7. The van der Waals surface area contributed by atoms with Gasteiger partial charge in [-0.1, -0.05) is 54.6 Å². The summed E-state index contributed by atoms with van der Waals surface area (Å²) in [4.78, 5) is 4.09. The molecule has 3 aliphatic rings. The van der Waals surface area contributed by atoms with Crippen LogP contribution in [0.4, 0.5) is 30.7 Å². The average molecular weight is 538 g/mol. The summed E-state index contributed by atoms with van der Waals surface area (Å²) in [7, 11) is 0. The van der Waals surface area contributed by atoms with E-state index in [1.807, 2.05) is 0 Å². The Hall–Kier alpha value is -4.19. The molecule has 3 aromatic carbocycles. The van der Waals surface area contributed by atoms with Crippen molar-refractivity contribution in [3.05, 3.63) is 106 Å². The molecule has 3 aliphatic carbocycles. The highest BCUT2D eigenvalue weighted by molar-refractivity contribution is 6.39. The monoisotopic (exact) mass is 538 g/mol. The van der Waals surface area contributed by atoms with Gasteiger partial charge in [-0.3, -0.25) is 0 Å². The second-order valence-electron chi connectivity index (χ2n) is 9.73. The van der Waals surface area contributed by atoms with Crippen LogP contribution in [0.2, 0.25) is 0 Å². The Labute approximate surface area is 218 Å². The summed E-state index contributed by atoms with van der Waals surface area (Å²) in [5, 5.41) is 10.6. The largest absolute Gasteiger partial charge is 0.416 e. The van der Waals surface area contributed by atoms with Gasteiger partial charge in [0.05, 0.1) is 17.2 Å². The van der Waals surface area contributed by atoms with Gasteiger partial charge in [0.2, 0.25) is 6.19 Å². The van der Waals surface area contributed by atoms with Crippen LogP contribution in [0.25, 0.3) is 21.9 Å². The molecular weight excluding hydrogens is 521 g/mol. The predicted octanol–water partition coefficient (Wildman–Crippen LogP) is 8.62. The molecule has 0 N–H and O–H groups in total. The van der Waals surface area contributed by atoms with E-state index in [4.69, 9.17) is 0 Å². The molecule has 0 bridgehead atoms. The van der Waals surface area contributed by atoms with E-state index in [0.29, 0.717) is 38.6 Å². The topological polar surface area (TPSA) is 36.1 Å². The second-order valence-corrected chi connectivity index (χ2v) is 9.73. The van der Waals surface area contributed by atoms with Crippen LogP contribution in [-0.4, -0.2) is 11.9 Å². The van der Waals surface area contributed by atoms with Crippen LogP contribution in [0, 0.1) is 29.1 Å². The highest BCUT2D eigenvalue weighted by Gasteiger charge is 2.48. The SMILES string of the molecule is N#CN=C1C(c2ccc(C(F)(F)F)cc2)=C2c3ccc(F)c4cccc(c34)C2C1C1=CCC(C(F)(F)F)C=C1. The highest BCUT2D eigenvalue weighted by Crippen LogP contribution is 2.60. The number of rotatable bonds is 2. The summed E-state index contributed by atoms with van der Waals surface area (Å²) in [5.74, 6) is -3.31. The number of alkyl halides is 6. The molecule has 0 amide bonds. The molecule has 0 aromatic heterocycles. The van der Waals surface area contributed by atoms with E-state index in [9.17, 15) is 36.0 Å². The Morgan fingerprint density at radius 2 is 1.64 bits per heavy atom. The van der Waals surface area contributed by atoms with Crippen molar-refractivity contribution >= 4 is 27.6 Å². The lowest BCUT2D eigenvalue weighted by Crippen LogP contribution is -2.24. The van der Waals surface area contributed by atoms with Gasteiger partial charge < -0.3 is 0 Å². The molecule has 196 valence electrons. The van der Waals surface area contributed by atoms with Crippen LogP contribution in [0.3, 0.4) is 0 Å². The third-order valence-corrected chi connectivity index (χ3v) is 7.69. The van der Waals surface area contributed by atoms with Crippen molar-refractivity contribution in [1.29, 1.82) is 5.26 Å². The molecule has 3 unspecified atom stereocenters. The zero-order valence-electron chi connectivity index (χ0n) is 19.9. The van der Waals surface area contributed by atoms with E-state index in [1.54, 1.807) is 30.5 Å². The summed E-state index contributed by atoms with van der Waals surface area (Å²) in [6.07, 6.45) is -3.55. The Bertz CT molecular complexity index is 1680. The van der Waals surface area contributed by atoms with E-state index in [-0.39, 0.29) is 12.1 Å². The fourth-order valence-corrected chi connectivity index (χ4v) is 6.06. The van der Waals surface area contributed by atoms with Crippen molar-refractivity contribution in [3.63, 3.8) is 0 Å². The van der Waals surface area contributed by atoms with Crippen molar-refractivity contribution in [2.24, 2.45) is 16.8 Å². The van der Waals surface area contributed by atoms with Crippen LogP contribution in [0.5, 0.6) is 0 Å². The third-order valence-electron chi connectivity index (χ3n) is 7.69. The fourth-order valence-electron chi connectivity index (χ4n) is 6.06. The predicted molar refractivity (Wildman–Crippen MR) is 133 cm³/mol. The van der Waals surface area contributed by atoms with Crippen molar-refractivity contribution in [2.75, 3.05) is 0 Å². The summed E-state index contributed by atoms with van der Waals surface area (Å²) in [6, 6.07) is 12.5. The lowest BCUT2D eigenvalue weighted by molar-refractivity contribution is -0.160. The maximum atomic E-state index is 14.8. The minimum atomic E-state index is -4.56. The van der Waals surface area contributed by atoms with Gasteiger partial charge in [-0.25, -0.2) is 4.39 Å². The molecule has 0 fully saturated rings. The molecule has 0 spiro atoms. The molecule has 0 aliphatic heterocycles. The second kappa shape index (κ2) is 8.67. The number of hydrogen-bond acceptors (Lipinski definition) is 2. The lowest BCUT2D eigenvalue weighted by atomic mass is 9.78. The smallest absolute Gasteiger partial charge is 0.206 e. The molecule has 2 nitrogen and oxygen atoms in total. The van der Waals surface area contributed by atoms with Gasteiger partial charge in [0, 0.05) is 22.8 Å². The van der Waals surface area contributed by atoms with E-state index < -0.39 is 41.5 Å². The molecular formula is C30H17F7N2. The van der Waals surface area contributed by atoms with E-state index in [1.165, 1.54) is 30.4 Å². The molecule has 9 heteroatoms. The molecule has 3 aromatic rings. The van der Waals surface area contributed by atoms with Gasteiger partial charge >= 0.3 is 12.4 Å². The number of fused-ring (bicyclic) bond motifs is 3. The van der Waals surface area contributed by atoms with Gasteiger partial charge in [-0.2, -0.15) is 36.6 Å². The highest BCUT2D eigenvalue weighted by atomic mass is 19.4. The van der Waals surface area contributed by atoms with Gasteiger partial charge in [-0.05, 0) is 57.8 Å². The van der Waals surface area contributed by atoms with E-state index >= 15 is 0 Å². The van der Waals surface area contributed by atoms with Crippen molar-refractivity contribution in [1.82, 2.24) is 0 Å². The minimum Gasteiger partial charge on any atom is -0.206 e. The average Bonchev–Trinajstić information content (AvgIpc) is 3.39. The van der Waals surface area contributed by atoms with Crippen LogP contribution in [0.15, 0.2) is 83.4 Å². The molecule has 0 radical (unpaired) electrons. The number of nitriles is 1. The first-order valence-corrected chi connectivity index (χ1v) is 12.1. The Morgan fingerprint density at radius 1 is 0.897 bits per heavy atom. The summed E-state index contributed by atoms with van der Waals surface area (Å²) in [6.45, 7) is 0. The van der Waals surface area contributed by atoms with Gasteiger partial charge in [0.1, 0.15) is 5.82 Å². The number of nitrogens with zero attached hydrogens (tertiary/aromatic N) is 2. The number of allylic oxidation sites excluding steroid dienone is 6. The number of aliphatic imine (C=N–C) groups is 1. The van der Waals surface area contributed by atoms with Crippen LogP contribution in [-0.2, 0) is 6.18 Å². The third kappa shape index (κ3) is 3.89. The first kappa shape index (κ1) is 25.1. The minimum absolute atomic E-state index is 0.255. The molecule has 0 heterocycles. The fraction of sp³-hybridized carbons (Fsp3) is 0.200. The standard InChI is InChI=1S/C30H17F7N2/c31-22-13-12-21-25-19(22)2-1-3-20(25)26-23(15-4-8-17(9-5-15)29(32,33)34)28(39-14-38)24(27(21)26)16-6-10-18(11-7-16)30(35,36)37/h1-8,10-13,17,23,26H,9H2. The van der Waals surface area contributed by atoms with E-state index in [0.717, 1.165) is 23.8 Å². The number of halogens is 7. The van der Waals surface area contributed by atoms with Crippen molar-refractivity contribution in [3.8, 4) is 6.19 Å². The zero-order valence-corrected chi connectivity index (χ0v) is 19.9. The summed E-state index contributed by atoms with van der Waals surface area (Å²) >= 11 is 0. The van der Waals surface area contributed by atoms with E-state index in [2.05, 4.69) is 4.99 Å².